The van der Waals surface area contributed by atoms with Gasteiger partial charge in [-0.15, -0.1) is 0 Å². The zero-order chi connectivity index (χ0) is 8.43. The van der Waals surface area contributed by atoms with Crippen LogP contribution in [0, 0.1) is 5.92 Å². The van der Waals surface area contributed by atoms with Crippen LogP contribution < -0.4 is 0 Å². The molecule has 11 heavy (non-hydrogen) atoms. The monoisotopic (exact) mass is 285 g/mol. The predicted octanol–water partition coefficient (Wildman–Crippen LogP) is 2.37. The van der Waals surface area contributed by atoms with Crippen molar-refractivity contribution in [2.75, 3.05) is 6.61 Å². The summed E-state index contributed by atoms with van der Waals surface area (Å²) in [5.41, 5.74) is 0. The molecule has 1 unspecified atom stereocenters. The van der Waals surface area contributed by atoms with Gasteiger partial charge >= 0.3 is 0 Å². The van der Waals surface area contributed by atoms with Crippen LogP contribution in [0.4, 0.5) is 0 Å². The Labute approximate surface area is 86.8 Å². The van der Waals surface area contributed by atoms with Gasteiger partial charge in [0, 0.05) is 0 Å². The number of hydrogen-bond donors (Lipinski definition) is 0. The minimum Gasteiger partial charge on any atom is -0.468 e. The fourth-order valence-electron chi connectivity index (χ4n) is 1.15. The summed E-state index contributed by atoms with van der Waals surface area (Å²) in [6.07, 6.45) is 1.16. The molecule has 0 aromatic carbocycles. The highest BCUT2D eigenvalue weighted by Crippen LogP contribution is 2.22. The smallest absolute Gasteiger partial charge is 0.268 e. The highest BCUT2D eigenvalue weighted by Gasteiger charge is 2.28. The molecule has 0 aromatic rings. The van der Waals surface area contributed by atoms with Crippen molar-refractivity contribution in [2.24, 2.45) is 5.92 Å². The van der Waals surface area contributed by atoms with E-state index < -0.39 is 0 Å². The fourth-order valence-corrected chi connectivity index (χ4v) is 1.89. The molecular weight excluding hydrogens is 273 g/mol. The normalized spacial score (nSPS) is 24.5. The Balaban J connectivity index is 2.42. The second kappa shape index (κ2) is 3.89. The van der Waals surface area contributed by atoms with Crippen molar-refractivity contribution < 1.29 is 4.74 Å². The third-order valence-corrected chi connectivity index (χ3v) is 3.51. The van der Waals surface area contributed by atoms with Crippen molar-refractivity contribution in [1.82, 2.24) is 3.11 Å². The second-order valence-electron chi connectivity index (χ2n) is 3.17. The lowest BCUT2D eigenvalue weighted by atomic mass is 10.1. The molecule has 1 saturated heterocycles. The largest absolute Gasteiger partial charge is 0.468 e. The summed E-state index contributed by atoms with van der Waals surface area (Å²) in [5, 5.41) is 0.635. The highest BCUT2D eigenvalue weighted by atomic mass is 127. The van der Waals surface area contributed by atoms with E-state index in [-0.39, 0.29) is 0 Å². The summed E-state index contributed by atoms with van der Waals surface area (Å²) in [6.45, 7) is 5.19. The van der Waals surface area contributed by atoms with Crippen molar-refractivity contribution in [2.45, 2.75) is 26.3 Å². The van der Waals surface area contributed by atoms with E-state index in [1.54, 1.807) is 0 Å². The van der Waals surface area contributed by atoms with Gasteiger partial charge in [-0.1, -0.05) is 13.8 Å². The van der Waals surface area contributed by atoms with Crippen LogP contribution in [0.1, 0.15) is 20.3 Å². The quantitative estimate of drug-likeness (QED) is 0.439. The number of ether oxygens (including phenoxy) is 1. The van der Waals surface area contributed by atoms with E-state index >= 15 is 0 Å². The molecule has 0 N–H and O–H groups in total. The zero-order valence-electron chi connectivity index (χ0n) is 6.71. The first-order valence-corrected chi connectivity index (χ1v) is 5.10. The maximum Gasteiger partial charge on any atom is 0.268 e. The van der Waals surface area contributed by atoms with Crippen LogP contribution >= 0.6 is 35.1 Å². The van der Waals surface area contributed by atoms with Gasteiger partial charge in [0.2, 0.25) is 0 Å². The van der Waals surface area contributed by atoms with Crippen molar-refractivity contribution in [3.05, 3.63) is 0 Å². The van der Waals surface area contributed by atoms with Gasteiger partial charge in [-0.05, 0) is 24.6 Å². The molecule has 1 heterocycles. The summed E-state index contributed by atoms with van der Waals surface area (Å²) in [6, 6.07) is 0.489. The van der Waals surface area contributed by atoms with Gasteiger partial charge in [-0.3, -0.25) is 3.11 Å². The van der Waals surface area contributed by atoms with Gasteiger partial charge in [0.1, 0.15) is 6.61 Å². The Morgan fingerprint density at radius 3 is 2.82 bits per heavy atom. The molecule has 1 fully saturated rings. The molecule has 0 radical (unpaired) electrons. The molecule has 0 saturated carbocycles. The van der Waals surface area contributed by atoms with Gasteiger partial charge in [0.25, 0.3) is 5.17 Å². The molecule has 1 rings (SSSR count). The first kappa shape index (κ1) is 9.51. The Morgan fingerprint density at radius 1 is 1.82 bits per heavy atom. The Kier molecular flexibility index (Phi) is 3.36. The SMILES string of the molecule is CC(C)CC1COC(=S)N1I. The van der Waals surface area contributed by atoms with E-state index in [4.69, 9.17) is 17.0 Å². The Morgan fingerprint density at radius 2 is 2.45 bits per heavy atom. The third-order valence-electron chi connectivity index (χ3n) is 1.64. The fraction of sp³-hybridized carbons (Fsp3) is 0.857. The van der Waals surface area contributed by atoms with Crippen LogP contribution in [0.2, 0.25) is 0 Å². The molecule has 0 aliphatic carbocycles. The number of rotatable bonds is 2. The molecule has 0 aromatic heterocycles. The number of nitrogens with zero attached hydrogens (tertiary/aromatic N) is 1. The van der Waals surface area contributed by atoms with Gasteiger partial charge < -0.3 is 4.74 Å². The summed E-state index contributed by atoms with van der Waals surface area (Å²) < 4.78 is 7.25. The van der Waals surface area contributed by atoms with E-state index in [1.807, 2.05) is 3.11 Å². The molecule has 2 nitrogen and oxygen atoms in total. The number of thiocarbonyl (C=S) groups is 1. The molecule has 4 heteroatoms. The van der Waals surface area contributed by atoms with Crippen LogP contribution in [0.3, 0.4) is 0 Å². The van der Waals surface area contributed by atoms with E-state index in [9.17, 15) is 0 Å². The molecule has 1 aliphatic heterocycles. The van der Waals surface area contributed by atoms with Crippen LogP contribution in [0.5, 0.6) is 0 Å². The second-order valence-corrected chi connectivity index (χ2v) is 4.56. The third kappa shape index (κ3) is 2.43. The average molecular weight is 285 g/mol. The maximum atomic E-state index is 5.23. The average Bonchev–Trinajstić information content (AvgIpc) is 2.18. The first-order chi connectivity index (χ1) is 5.11. The summed E-state index contributed by atoms with van der Waals surface area (Å²) in [7, 11) is 0. The molecule has 0 bridgehead atoms. The molecule has 64 valence electrons. The Bertz CT molecular complexity index is 163. The topological polar surface area (TPSA) is 12.5 Å². The van der Waals surface area contributed by atoms with E-state index in [2.05, 4.69) is 36.7 Å². The van der Waals surface area contributed by atoms with Crippen LogP contribution in [0.15, 0.2) is 0 Å². The summed E-state index contributed by atoms with van der Waals surface area (Å²) in [4.78, 5) is 0. The Hall–Kier alpha value is 0.420. The van der Waals surface area contributed by atoms with Gasteiger partial charge in [0.15, 0.2) is 0 Å². The minimum absolute atomic E-state index is 0.489. The van der Waals surface area contributed by atoms with Crippen molar-refractivity contribution in [1.29, 1.82) is 0 Å². The number of hydrogen-bond acceptors (Lipinski definition) is 2. The summed E-state index contributed by atoms with van der Waals surface area (Å²) in [5.74, 6) is 0.710. The van der Waals surface area contributed by atoms with Gasteiger partial charge in [-0.25, -0.2) is 0 Å². The molecule has 1 atom stereocenters. The predicted molar refractivity (Wildman–Crippen MR) is 57.7 cm³/mol. The van der Waals surface area contributed by atoms with E-state index in [1.165, 1.54) is 0 Å². The van der Waals surface area contributed by atoms with Crippen LogP contribution in [-0.2, 0) is 4.74 Å². The standard InChI is InChI=1S/C7H12INOS/c1-5(2)3-6-4-10-7(11)9(6)8/h5-6H,3-4H2,1-2H3. The van der Waals surface area contributed by atoms with Crippen molar-refractivity contribution in [3.8, 4) is 0 Å². The van der Waals surface area contributed by atoms with E-state index in [0.29, 0.717) is 17.1 Å². The molecule has 0 amide bonds. The molecular formula is C7H12INOS. The first-order valence-electron chi connectivity index (χ1n) is 3.73. The lowest BCUT2D eigenvalue weighted by molar-refractivity contribution is 0.308. The van der Waals surface area contributed by atoms with Gasteiger partial charge in [-0.2, -0.15) is 0 Å². The van der Waals surface area contributed by atoms with Crippen molar-refractivity contribution >= 4 is 40.3 Å². The maximum absolute atomic E-state index is 5.23. The number of halogens is 1. The van der Waals surface area contributed by atoms with Crippen molar-refractivity contribution in [3.63, 3.8) is 0 Å². The highest BCUT2D eigenvalue weighted by molar-refractivity contribution is 14.1. The lowest BCUT2D eigenvalue weighted by Crippen LogP contribution is -2.24. The summed E-state index contributed by atoms with van der Waals surface area (Å²) >= 11 is 7.19. The van der Waals surface area contributed by atoms with Crippen LogP contribution in [-0.4, -0.2) is 20.9 Å². The lowest BCUT2D eigenvalue weighted by Gasteiger charge is -2.16. The van der Waals surface area contributed by atoms with E-state index in [0.717, 1.165) is 13.0 Å². The molecule has 0 spiro atoms. The zero-order valence-corrected chi connectivity index (χ0v) is 9.68. The van der Waals surface area contributed by atoms with Gasteiger partial charge in [0.05, 0.1) is 28.9 Å². The van der Waals surface area contributed by atoms with Crippen LogP contribution in [0.25, 0.3) is 0 Å². The molecule has 1 aliphatic rings. The minimum atomic E-state index is 0.489.